The normalized spacial score (nSPS) is 13.3. The molecule has 0 saturated carbocycles. The number of amides is 2. The molecule has 2 aromatic rings. The molecule has 160 valence electrons. The number of methoxy groups -OCH3 is 1. The first kappa shape index (κ1) is 21.5. The van der Waals surface area contributed by atoms with E-state index in [9.17, 15) is 9.59 Å². The lowest BCUT2D eigenvalue weighted by Gasteiger charge is -2.28. The predicted octanol–water partition coefficient (Wildman–Crippen LogP) is 2.56. The Bertz CT molecular complexity index is 899. The topological polar surface area (TPSA) is 77.1 Å². The summed E-state index contributed by atoms with van der Waals surface area (Å²) >= 11 is 0. The minimum atomic E-state index is -0.589. The fourth-order valence-electron chi connectivity index (χ4n) is 3.40. The zero-order valence-electron chi connectivity index (χ0n) is 17.6. The summed E-state index contributed by atoms with van der Waals surface area (Å²) in [5, 5.41) is 2.63. The molecule has 1 aliphatic rings. The van der Waals surface area contributed by atoms with E-state index in [0.29, 0.717) is 37.7 Å². The van der Waals surface area contributed by atoms with Gasteiger partial charge in [0.05, 0.1) is 7.11 Å². The zero-order chi connectivity index (χ0) is 21.5. The third kappa shape index (κ3) is 5.23. The highest BCUT2D eigenvalue weighted by molar-refractivity contribution is 5.87. The molecule has 2 aromatic carbocycles. The van der Waals surface area contributed by atoms with Crippen LogP contribution in [0.1, 0.15) is 24.5 Å². The summed E-state index contributed by atoms with van der Waals surface area (Å²) in [4.78, 5) is 26.9. The number of hydrogen-bond donors (Lipinski definition) is 1. The molecule has 1 N–H and O–H groups in total. The maximum atomic E-state index is 13.1. The molecule has 0 aromatic heterocycles. The van der Waals surface area contributed by atoms with Crippen molar-refractivity contribution in [2.75, 3.05) is 27.4 Å². The second kappa shape index (κ2) is 10.0. The summed E-state index contributed by atoms with van der Waals surface area (Å²) in [6.45, 7) is 3.13. The SMILES string of the molecule is CNC(=O)C(C)N(Cc1cccc(OC)c1)C(=O)CCc1ccc2c(c1)OCCO2. The lowest BCUT2D eigenvalue weighted by atomic mass is 10.1. The molecule has 30 heavy (non-hydrogen) atoms. The predicted molar refractivity (Wildman–Crippen MR) is 113 cm³/mol. The molecule has 1 aliphatic heterocycles. The summed E-state index contributed by atoms with van der Waals surface area (Å²) in [5.74, 6) is 1.85. The largest absolute Gasteiger partial charge is 0.497 e. The van der Waals surface area contributed by atoms with E-state index in [-0.39, 0.29) is 18.2 Å². The van der Waals surface area contributed by atoms with E-state index in [1.807, 2.05) is 42.5 Å². The summed E-state index contributed by atoms with van der Waals surface area (Å²) < 4.78 is 16.4. The molecule has 1 unspecified atom stereocenters. The van der Waals surface area contributed by atoms with E-state index in [2.05, 4.69) is 5.32 Å². The molecule has 3 rings (SSSR count). The number of carbonyl (C=O) groups excluding carboxylic acids is 2. The van der Waals surface area contributed by atoms with Crippen molar-refractivity contribution in [1.82, 2.24) is 10.2 Å². The lowest BCUT2D eigenvalue weighted by molar-refractivity contribution is -0.140. The molecule has 0 fully saturated rings. The fraction of sp³-hybridized carbons (Fsp3) is 0.391. The highest BCUT2D eigenvalue weighted by atomic mass is 16.6. The Hall–Kier alpha value is -3.22. The van der Waals surface area contributed by atoms with Crippen molar-refractivity contribution >= 4 is 11.8 Å². The number of likely N-dealkylation sites (N-methyl/N-ethyl adjacent to an activating group) is 1. The van der Waals surface area contributed by atoms with E-state index in [1.54, 1.807) is 26.0 Å². The molecule has 1 heterocycles. The molecule has 7 heteroatoms. The van der Waals surface area contributed by atoms with Gasteiger partial charge >= 0.3 is 0 Å². The van der Waals surface area contributed by atoms with E-state index in [0.717, 1.165) is 16.9 Å². The molecular weight excluding hydrogens is 384 g/mol. The number of carbonyl (C=O) groups is 2. The van der Waals surface area contributed by atoms with Crippen LogP contribution in [0.2, 0.25) is 0 Å². The van der Waals surface area contributed by atoms with Gasteiger partial charge in [0.15, 0.2) is 11.5 Å². The van der Waals surface area contributed by atoms with Crippen molar-refractivity contribution in [3.8, 4) is 17.2 Å². The molecule has 0 aliphatic carbocycles. The Morgan fingerprint density at radius 2 is 1.87 bits per heavy atom. The van der Waals surface area contributed by atoms with E-state index in [4.69, 9.17) is 14.2 Å². The van der Waals surface area contributed by atoms with Gasteiger partial charge in [-0.25, -0.2) is 0 Å². The van der Waals surface area contributed by atoms with Crippen molar-refractivity contribution in [2.45, 2.75) is 32.4 Å². The Kier molecular flexibility index (Phi) is 7.17. The number of rotatable bonds is 8. The first-order chi connectivity index (χ1) is 14.5. The second-order valence-electron chi connectivity index (χ2n) is 7.14. The molecule has 1 atom stereocenters. The summed E-state index contributed by atoms with van der Waals surface area (Å²) in [5.41, 5.74) is 1.89. The van der Waals surface area contributed by atoms with Crippen LogP contribution in [0.25, 0.3) is 0 Å². The minimum absolute atomic E-state index is 0.0937. The molecule has 0 bridgehead atoms. The van der Waals surface area contributed by atoms with Crippen LogP contribution in [-0.2, 0) is 22.6 Å². The van der Waals surface area contributed by atoms with E-state index in [1.165, 1.54) is 0 Å². The monoisotopic (exact) mass is 412 g/mol. The van der Waals surface area contributed by atoms with Gasteiger partial charge < -0.3 is 24.4 Å². The Morgan fingerprint density at radius 3 is 2.60 bits per heavy atom. The Balaban J connectivity index is 1.71. The maximum Gasteiger partial charge on any atom is 0.242 e. The first-order valence-corrected chi connectivity index (χ1v) is 10.0. The van der Waals surface area contributed by atoms with Crippen LogP contribution >= 0.6 is 0 Å². The molecule has 0 saturated heterocycles. The molecular formula is C23H28N2O5. The highest BCUT2D eigenvalue weighted by Crippen LogP contribution is 2.31. The van der Waals surface area contributed by atoms with Crippen molar-refractivity contribution in [3.05, 3.63) is 53.6 Å². The van der Waals surface area contributed by atoms with Crippen LogP contribution in [0.3, 0.4) is 0 Å². The summed E-state index contributed by atoms with van der Waals surface area (Å²) in [6, 6.07) is 12.6. The molecule has 2 amide bonds. The van der Waals surface area contributed by atoms with Gasteiger partial charge in [-0.3, -0.25) is 9.59 Å². The van der Waals surface area contributed by atoms with Gasteiger partial charge in [-0.2, -0.15) is 0 Å². The van der Waals surface area contributed by atoms with Crippen LogP contribution in [-0.4, -0.2) is 50.1 Å². The number of nitrogens with zero attached hydrogens (tertiary/aromatic N) is 1. The van der Waals surface area contributed by atoms with Crippen LogP contribution in [0.4, 0.5) is 0 Å². The third-order valence-electron chi connectivity index (χ3n) is 5.13. The number of fused-ring (bicyclic) bond motifs is 1. The maximum absolute atomic E-state index is 13.1. The molecule has 0 radical (unpaired) electrons. The quantitative estimate of drug-likeness (QED) is 0.721. The summed E-state index contributed by atoms with van der Waals surface area (Å²) in [7, 11) is 3.17. The van der Waals surface area contributed by atoms with Crippen molar-refractivity contribution in [2.24, 2.45) is 0 Å². The smallest absolute Gasteiger partial charge is 0.242 e. The number of aryl methyl sites for hydroxylation is 1. The lowest BCUT2D eigenvalue weighted by Crippen LogP contribution is -2.46. The average molecular weight is 412 g/mol. The van der Waals surface area contributed by atoms with E-state index < -0.39 is 6.04 Å². The third-order valence-corrected chi connectivity index (χ3v) is 5.13. The van der Waals surface area contributed by atoms with Gasteiger partial charge in [0.2, 0.25) is 11.8 Å². The summed E-state index contributed by atoms with van der Waals surface area (Å²) in [6.07, 6.45) is 0.829. The van der Waals surface area contributed by atoms with Crippen molar-refractivity contribution in [3.63, 3.8) is 0 Å². The second-order valence-corrected chi connectivity index (χ2v) is 7.14. The minimum Gasteiger partial charge on any atom is -0.497 e. The number of benzene rings is 2. The van der Waals surface area contributed by atoms with Gasteiger partial charge in [-0.15, -0.1) is 0 Å². The van der Waals surface area contributed by atoms with Gasteiger partial charge in [0, 0.05) is 20.0 Å². The average Bonchev–Trinajstić information content (AvgIpc) is 2.80. The van der Waals surface area contributed by atoms with Crippen LogP contribution in [0.5, 0.6) is 17.2 Å². The van der Waals surface area contributed by atoms with E-state index >= 15 is 0 Å². The van der Waals surface area contributed by atoms with Gasteiger partial charge in [-0.1, -0.05) is 18.2 Å². The van der Waals surface area contributed by atoms with Crippen LogP contribution in [0.15, 0.2) is 42.5 Å². The first-order valence-electron chi connectivity index (χ1n) is 10.0. The van der Waals surface area contributed by atoms with Crippen LogP contribution in [0, 0.1) is 0 Å². The standard InChI is InChI=1S/C23H28N2O5/c1-16(23(27)24-2)25(15-18-5-4-6-19(13-18)28-3)22(26)10-8-17-7-9-20-21(14-17)30-12-11-29-20/h4-7,9,13-14,16H,8,10-12,15H2,1-3H3,(H,24,27). The molecule has 7 nitrogen and oxygen atoms in total. The number of ether oxygens (including phenoxy) is 3. The van der Waals surface area contributed by atoms with Crippen molar-refractivity contribution in [1.29, 1.82) is 0 Å². The van der Waals surface area contributed by atoms with Crippen molar-refractivity contribution < 1.29 is 23.8 Å². The van der Waals surface area contributed by atoms with Gasteiger partial charge in [-0.05, 0) is 48.7 Å². The highest BCUT2D eigenvalue weighted by Gasteiger charge is 2.25. The number of hydrogen-bond acceptors (Lipinski definition) is 5. The molecule has 0 spiro atoms. The number of nitrogens with one attached hydrogen (secondary N) is 1. The zero-order valence-corrected chi connectivity index (χ0v) is 17.6. The Morgan fingerprint density at radius 1 is 1.10 bits per heavy atom. The van der Waals surface area contributed by atoms with Gasteiger partial charge in [0.1, 0.15) is 25.0 Å². The fourth-order valence-corrected chi connectivity index (χ4v) is 3.40. The van der Waals surface area contributed by atoms with Gasteiger partial charge in [0.25, 0.3) is 0 Å². The Labute approximate surface area is 176 Å². The van der Waals surface area contributed by atoms with Crippen LogP contribution < -0.4 is 19.5 Å².